The molecule has 5 nitrogen and oxygen atoms in total. The Morgan fingerprint density at radius 1 is 1.33 bits per heavy atom. The molecule has 1 saturated heterocycles. The van der Waals surface area contributed by atoms with Gasteiger partial charge in [0.25, 0.3) is 0 Å². The summed E-state index contributed by atoms with van der Waals surface area (Å²) in [4.78, 5) is 14.1. The van der Waals surface area contributed by atoms with E-state index < -0.39 is 0 Å². The van der Waals surface area contributed by atoms with Gasteiger partial charge in [-0.2, -0.15) is 0 Å². The highest BCUT2D eigenvalue weighted by molar-refractivity contribution is 5.73. The van der Waals surface area contributed by atoms with Gasteiger partial charge in [-0.25, -0.2) is 4.79 Å². The van der Waals surface area contributed by atoms with Gasteiger partial charge in [0.05, 0.1) is 12.2 Å². The molecule has 0 aliphatic carbocycles. The summed E-state index contributed by atoms with van der Waals surface area (Å²) >= 11 is 0. The molecule has 0 unspecified atom stereocenters. The van der Waals surface area contributed by atoms with Crippen LogP contribution in [0.25, 0.3) is 11.1 Å². The van der Waals surface area contributed by atoms with Gasteiger partial charge in [0, 0.05) is 26.2 Å². The minimum Gasteiger partial charge on any atom is -0.408 e. The van der Waals surface area contributed by atoms with Gasteiger partial charge in [-0.05, 0) is 24.6 Å². The third-order valence-electron chi connectivity index (χ3n) is 3.37. The van der Waals surface area contributed by atoms with Crippen LogP contribution in [-0.4, -0.2) is 35.6 Å². The normalized spacial score (nSPS) is 17.4. The Morgan fingerprint density at radius 3 is 2.89 bits per heavy atom. The molecular weight excluding hydrogens is 230 g/mol. The fourth-order valence-corrected chi connectivity index (χ4v) is 2.36. The molecule has 1 N–H and O–H groups in total. The van der Waals surface area contributed by atoms with Crippen molar-refractivity contribution in [1.82, 2.24) is 14.8 Å². The van der Waals surface area contributed by atoms with Crippen molar-refractivity contribution in [1.29, 1.82) is 0 Å². The molecule has 0 saturated carbocycles. The first-order chi connectivity index (χ1) is 8.74. The Labute approximate surface area is 105 Å². The van der Waals surface area contributed by atoms with Crippen LogP contribution in [0.5, 0.6) is 0 Å². The molecule has 0 amide bonds. The average Bonchev–Trinajstić information content (AvgIpc) is 2.66. The van der Waals surface area contributed by atoms with Crippen molar-refractivity contribution >= 4 is 11.1 Å². The molecule has 18 heavy (non-hydrogen) atoms. The van der Waals surface area contributed by atoms with E-state index in [9.17, 15) is 4.79 Å². The van der Waals surface area contributed by atoms with Crippen LogP contribution in [-0.2, 0) is 6.67 Å². The van der Waals surface area contributed by atoms with E-state index in [1.54, 1.807) is 4.57 Å². The maximum Gasteiger partial charge on any atom is 0.421 e. The molecule has 3 rings (SSSR count). The lowest BCUT2D eigenvalue weighted by Crippen LogP contribution is -2.45. The van der Waals surface area contributed by atoms with Crippen LogP contribution in [0.1, 0.15) is 5.56 Å². The molecule has 5 heteroatoms. The Kier molecular flexibility index (Phi) is 2.93. The van der Waals surface area contributed by atoms with Crippen LogP contribution in [0.2, 0.25) is 0 Å². The lowest BCUT2D eigenvalue weighted by atomic mass is 10.2. The van der Waals surface area contributed by atoms with Crippen LogP contribution >= 0.6 is 0 Å². The van der Waals surface area contributed by atoms with Gasteiger partial charge in [0.1, 0.15) is 0 Å². The lowest BCUT2D eigenvalue weighted by Gasteiger charge is -2.26. The largest absolute Gasteiger partial charge is 0.421 e. The van der Waals surface area contributed by atoms with Crippen molar-refractivity contribution in [3.63, 3.8) is 0 Å². The van der Waals surface area contributed by atoms with E-state index in [-0.39, 0.29) is 5.76 Å². The highest BCUT2D eigenvalue weighted by atomic mass is 16.4. The number of hydrogen-bond donors (Lipinski definition) is 1. The van der Waals surface area contributed by atoms with Gasteiger partial charge in [-0.15, -0.1) is 0 Å². The minimum absolute atomic E-state index is 0.269. The van der Waals surface area contributed by atoms with Gasteiger partial charge in [-0.3, -0.25) is 9.47 Å². The van der Waals surface area contributed by atoms with E-state index in [0.717, 1.165) is 37.3 Å². The fourth-order valence-electron chi connectivity index (χ4n) is 2.36. The molecule has 2 heterocycles. The number of benzene rings is 1. The van der Waals surface area contributed by atoms with Gasteiger partial charge in [-0.1, -0.05) is 6.07 Å². The third kappa shape index (κ3) is 2.07. The molecule has 0 atom stereocenters. The first kappa shape index (κ1) is 11.5. The molecule has 0 spiro atoms. The van der Waals surface area contributed by atoms with E-state index in [2.05, 4.69) is 10.2 Å². The Balaban J connectivity index is 1.95. The molecule has 1 aromatic carbocycles. The summed E-state index contributed by atoms with van der Waals surface area (Å²) in [6.45, 7) is 6.48. The smallest absolute Gasteiger partial charge is 0.408 e. The van der Waals surface area contributed by atoms with E-state index >= 15 is 0 Å². The second kappa shape index (κ2) is 4.59. The lowest BCUT2D eigenvalue weighted by molar-refractivity contribution is 0.189. The Morgan fingerprint density at radius 2 is 2.11 bits per heavy atom. The van der Waals surface area contributed by atoms with Crippen LogP contribution in [0, 0.1) is 6.92 Å². The molecule has 2 aromatic rings. The molecule has 1 aromatic heterocycles. The van der Waals surface area contributed by atoms with E-state index in [4.69, 9.17) is 4.42 Å². The van der Waals surface area contributed by atoms with Crippen LogP contribution in [0.4, 0.5) is 0 Å². The number of fused-ring (bicyclic) bond motifs is 1. The van der Waals surface area contributed by atoms with Crippen LogP contribution < -0.4 is 11.1 Å². The molecule has 1 fully saturated rings. The highest BCUT2D eigenvalue weighted by Crippen LogP contribution is 2.15. The van der Waals surface area contributed by atoms with Gasteiger partial charge >= 0.3 is 5.76 Å². The van der Waals surface area contributed by atoms with Crippen molar-refractivity contribution in [3.8, 4) is 0 Å². The summed E-state index contributed by atoms with van der Waals surface area (Å²) in [5, 5.41) is 3.30. The number of oxazole rings is 1. The van der Waals surface area contributed by atoms with E-state index in [0.29, 0.717) is 12.3 Å². The molecule has 1 aliphatic heterocycles. The number of aryl methyl sites for hydroxylation is 1. The van der Waals surface area contributed by atoms with Crippen molar-refractivity contribution in [3.05, 3.63) is 34.3 Å². The molecular formula is C13H17N3O2. The molecule has 0 bridgehead atoms. The van der Waals surface area contributed by atoms with Crippen molar-refractivity contribution < 1.29 is 4.42 Å². The van der Waals surface area contributed by atoms with Crippen molar-refractivity contribution in [2.45, 2.75) is 13.6 Å². The van der Waals surface area contributed by atoms with Crippen LogP contribution in [0.3, 0.4) is 0 Å². The fraction of sp³-hybridized carbons (Fsp3) is 0.462. The summed E-state index contributed by atoms with van der Waals surface area (Å²) in [6.07, 6.45) is 0. The SMILES string of the molecule is Cc1ccc2c(c1)oc(=O)n2CN1CCNCC1. The number of hydrogen-bond acceptors (Lipinski definition) is 4. The molecule has 0 radical (unpaired) electrons. The number of aromatic nitrogens is 1. The zero-order valence-electron chi connectivity index (χ0n) is 10.5. The van der Waals surface area contributed by atoms with Gasteiger partial charge in [0.2, 0.25) is 0 Å². The predicted molar refractivity (Wildman–Crippen MR) is 69.7 cm³/mol. The first-order valence-corrected chi connectivity index (χ1v) is 6.27. The number of nitrogens with one attached hydrogen (secondary N) is 1. The summed E-state index contributed by atoms with van der Waals surface area (Å²) in [7, 11) is 0. The second-order valence-corrected chi connectivity index (χ2v) is 4.78. The predicted octanol–water partition coefficient (Wildman–Crippen LogP) is 0.766. The minimum atomic E-state index is -0.269. The summed E-state index contributed by atoms with van der Waals surface area (Å²) < 4.78 is 6.99. The van der Waals surface area contributed by atoms with Crippen molar-refractivity contribution in [2.24, 2.45) is 0 Å². The maximum absolute atomic E-state index is 11.9. The zero-order valence-corrected chi connectivity index (χ0v) is 10.5. The topological polar surface area (TPSA) is 50.4 Å². The first-order valence-electron chi connectivity index (χ1n) is 6.27. The quantitative estimate of drug-likeness (QED) is 0.851. The average molecular weight is 247 g/mol. The standard InChI is InChI=1S/C13H17N3O2/c1-10-2-3-11-12(8-10)18-13(17)16(11)9-15-6-4-14-5-7-15/h2-3,8,14H,4-7,9H2,1H3. The van der Waals surface area contributed by atoms with E-state index in [1.165, 1.54) is 0 Å². The van der Waals surface area contributed by atoms with Crippen molar-refractivity contribution in [2.75, 3.05) is 26.2 Å². The summed E-state index contributed by atoms with van der Waals surface area (Å²) in [5.41, 5.74) is 2.66. The maximum atomic E-state index is 11.9. The molecule has 1 aliphatic rings. The summed E-state index contributed by atoms with van der Waals surface area (Å²) in [6, 6.07) is 5.87. The highest BCUT2D eigenvalue weighted by Gasteiger charge is 2.14. The third-order valence-corrected chi connectivity index (χ3v) is 3.37. The van der Waals surface area contributed by atoms with E-state index in [1.807, 2.05) is 25.1 Å². The van der Waals surface area contributed by atoms with Gasteiger partial charge < -0.3 is 9.73 Å². The zero-order chi connectivity index (χ0) is 12.5. The monoisotopic (exact) mass is 247 g/mol. The second-order valence-electron chi connectivity index (χ2n) is 4.78. The van der Waals surface area contributed by atoms with Crippen LogP contribution in [0.15, 0.2) is 27.4 Å². The summed E-state index contributed by atoms with van der Waals surface area (Å²) in [5.74, 6) is -0.269. The molecule has 96 valence electrons. The number of nitrogens with zero attached hydrogens (tertiary/aromatic N) is 2. The Bertz CT molecular complexity index is 608. The number of piperazine rings is 1. The Hall–Kier alpha value is -1.59. The van der Waals surface area contributed by atoms with Gasteiger partial charge in [0.15, 0.2) is 5.58 Å². The number of rotatable bonds is 2.